The molecule has 3 rings (SSSR count). The average Bonchev–Trinajstić information content (AvgIpc) is 2.51. The van der Waals surface area contributed by atoms with Crippen molar-refractivity contribution in [2.75, 3.05) is 10.6 Å². The van der Waals surface area contributed by atoms with Crippen molar-refractivity contribution in [3.05, 3.63) is 65.6 Å². The highest BCUT2D eigenvalue weighted by molar-refractivity contribution is 5.61. The monoisotopic (exact) mass is 309 g/mol. The summed E-state index contributed by atoms with van der Waals surface area (Å²) in [6.07, 6.45) is 1.49. The number of rotatable bonds is 4. The van der Waals surface area contributed by atoms with E-state index in [4.69, 9.17) is 0 Å². The molecule has 0 atom stereocenters. The Labute approximate surface area is 133 Å². The van der Waals surface area contributed by atoms with E-state index in [1.165, 1.54) is 18.3 Å². The minimum absolute atomic E-state index is 0.314. The third-order valence-electron chi connectivity index (χ3n) is 3.30. The first-order chi connectivity index (χ1) is 11.1. The highest BCUT2D eigenvalue weighted by atomic mass is 19.1. The minimum atomic E-state index is -0.314. The second kappa shape index (κ2) is 6.39. The number of halogens is 1. The lowest BCUT2D eigenvalue weighted by Gasteiger charge is -2.10. The van der Waals surface area contributed by atoms with E-state index in [0.29, 0.717) is 17.5 Å². The van der Waals surface area contributed by atoms with E-state index in [2.05, 4.69) is 25.8 Å². The van der Waals surface area contributed by atoms with Crippen molar-refractivity contribution < 1.29 is 4.39 Å². The maximum atomic E-state index is 13.2. The summed E-state index contributed by atoms with van der Waals surface area (Å²) in [7, 11) is 0. The molecule has 0 unspecified atom stereocenters. The topological polar surface area (TPSA) is 62.7 Å². The van der Waals surface area contributed by atoms with Gasteiger partial charge >= 0.3 is 0 Å². The zero-order valence-electron chi connectivity index (χ0n) is 12.8. The van der Waals surface area contributed by atoms with Crippen LogP contribution in [-0.4, -0.2) is 15.2 Å². The lowest BCUT2D eigenvalue weighted by Crippen LogP contribution is -2.03. The number of nitrogens with one attached hydrogen (secondary N) is 2. The van der Waals surface area contributed by atoms with Crippen LogP contribution in [0.5, 0.6) is 0 Å². The number of benzene rings is 2. The summed E-state index contributed by atoms with van der Waals surface area (Å²) >= 11 is 0. The van der Waals surface area contributed by atoms with Gasteiger partial charge in [-0.25, -0.2) is 4.39 Å². The quantitative estimate of drug-likeness (QED) is 0.759. The van der Waals surface area contributed by atoms with Crippen LogP contribution in [0.25, 0.3) is 0 Å². The van der Waals surface area contributed by atoms with Crippen molar-refractivity contribution in [2.45, 2.75) is 13.8 Å². The normalized spacial score (nSPS) is 10.4. The van der Waals surface area contributed by atoms with Crippen LogP contribution in [0.15, 0.2) is 48.7 Å². The Morgan fingerprint density at radius 1 is 1.00 bits per heavy atom. The molecule has 6 heteroatoms. The molecule has 0 spiro atoms. The molecule has 0 amide bonds. The van der Waals surface area contributed by atoms with Crippen LogP contribution < -0.4 is 10.6 Å². The van der Waals surface area contributed by atoms with Crippen LogP contribution in [-0.2, 0) is 0 Å². The first kappa shape index (κ1) is 14.9. The fourth-order valence-corrected chi connectivity index (χ4v) is 2.12. The molecule has 0 aliphatic carbocycles. The van der Waals surface area contributed by atoms with E-state index < -0.39 is 0 Å². The number of aromatic nitrogens is 3. The molecule has 23 heavy (non-hydrogen) atoms. The summed E-state index contributed by atoms with van der Waals surface area (Å²) in [6, 6.07) is 12.2. The molecule has 0 fully saturated rings. The Morgan fingerprint density at radius 3 is 2.70 bits per heavy atom. The molecule has 2 aromatic carbocycles. The molecule has 0 radical (unpaired) electrons. The Balaban J connectivity index is 1.81. The van der Waals surface area contributed by atoms with Crippen molar-refractivity contribution in [1.29, 1.82) is 0 Å². The van der Waals surface area contributed by atoms with Crippen molar-refractivity contribution in [1.82, 2.24) is 15.2 Å². The van der Waals surface area contributed by atoms with Gasteiger partial charge in [0.25, 0.3) is 0 Å². The first-order valence-corrected chi connectivity index (χ1v) is 7.17. The van der Waals surface area contributed by atoms with Gasteiger partial charge in [-0.1, -0.05) is 18.2 Å². The van der Waals surface area contributed by atoms with Crippen LogP contribution in [0.3, 0.4) is 0 Å². The van der Waals surface area contributed by atoms with E-state index in [-0.39, 0.29) is 5.82 Å². The Bertz CT molecular complexity index is 835. The van der Waals surface area contributed by atoms with Crippen LogP contribution in [0.4, 0.5) is 27.5 Å². The third kappa shape index (κ3) is 3.79. The van der Waals surface area contributed by atoms with Gasteiger partial charge in [-0.15, -0.1) is 5.10 Å². The molecule has 1 aromatic heterocycles. The van der Waals surface area contributed by atoms with Crippen LogP contribution >= 0.6 is 0 Å². The maximum Gasteiger partial charge on any atom is 0.249 e. The van der Waals surface area contributed by atoms with Gasteiger partial charge in [0.2, 0.25) is 5.95 Å². The molecule has 116 valence electrons. The molecule has 0 saturated carbocycles. The van der Waals surface area contributed by atoms with Gasteiger partial charge in [0.05, 0.1) is 6.20 Å². The van der Waals surface area contributed by atoms with E-state index in [1.807, 2.05) is 32.0 Å². The largest absolute Gasteiger partial charge is 0.339 e. The third-order valence-corrected chi connectivity index (χ3v) is 3.30. The summed E-state index contributed by atoms with van der Waals surface area (Å²) in [5.74, 6) is 0.546. The maximum absolute atomic E-state index is 13.2. The zero-order chi connectivity index (χ0) is 16.2. The van der Waals surface area contributed by atoms with Gasteiger partial charge in [-0.2, -0.15) is 10.1 Å². The fraction of sp³-hybridized carbons (Fsp3) is 0.118. The first-order valence-electron chi connectivity index (χ1n) is 7.17. The lowest BCUT2D eigenvalue weighted by molar-refractivity contribution is 0.628. The molecular formula is C17H16FN5. The summed E-state index contributed by atoms with van der Waals surface area (Å²) < 4.78 is 13.2. The smallest absolute Gasteiger partial charge is 0.249 e. The molecule has 0 aliphatic rings. The van der Waals surface area contributed by atoms with Gasteiger partial charge < -0.3 is 10.6 Å². The van der Waals surface area contributed by atoms with Gasteiger partial charge in [0.1, 0.15) is 5.82 Å². The lowest BCUT2D eigenvalue weighted by atomic mass is 10.1. The number of nitrogens with zero attached hydrogens (tertiary/aromatic N) is 3. The second-order valence-corrected chi connectivity index (χ2v) is 5.24. The predicted octanol–water partition coefficient (Wildman–Crippen LogP) is 4.11. The average molecular weight is 309 g/mol. The summed E-state index contributed by atoms with van der Waals surface area (Å²) in [5, 5.41) is 14.1. The number of hydrogen-bond acceptors (Lipinski definition) is 5. The van der Waals surface area contributed by atoms with Gasteiger partial charge in [0, 0.05) is 11.4 Å². The van der Waals surface area contributed by atoms with Crippen molar-refractivity contribution in [3.63, 3.8) is 0 Å². The van der Waals surface area contributed by atoms with Crippen molar-refractivity contribution in [3.8, 4) is 0 Å². The molecule has 0 saturated heterocycles. The minimum Gasteiger partial charge on any atom is -0.339 e. The highest BCUT2D eigenvalue weighted by Gasteiger charge is 2.05. The molecule has 2 N–H and O–H groups in total. The molecule has 0 aliphatic heterocycles. The summed E-state index contributed by atoms with van der Waals surface area (Å²) in [4.78, 5) is 4.35. The van der Waals surface area contributed by atoms with Crippen molar-refractivity contribution >= 4 is 23.1 Å². The highest BCUT2D eigenvalue weighted by Crippen LogP contribution is 2.21. The molecule has 3 aromatic rings. The number of aryl methyl sites for hydroxylation is 2. The van der Waals surface area contributed by atoms with Crippen molar-refractivity contribution in [2.24, 2.45) is 0 Å². The van der Waals surface area contributed by atoms with Gasteiger partial charge in [-0.05, 0) is 49.2 Å². The SMILES string of the molecule is Cc1ccc(C)c(Nc2nncc(Nc3cccc(F)c3)n2)c1. The second-order valence-electron chi connectivity index (χ2n) is 5.24. The molecule has 0 bridgehead atoms. The van der Waals surface area contributed by atoms with E-state index in [1.54, 1.807) is 12.1 Å². The van der Waals surface area contributed by atoms with E-state index >= 15 is 0 Å². The van der Waals surface area contributed by atoms with Crippen LogP contribution in [0, 0.1) is 19.7 Å². The van der Waals surface area contributed by atoms with E-state index in [0.717, 1.165) is 16.8 Å². The Morgan fingerprint density at radius 2 is 1.87 bits per heavy atom. The number of hydrogen-bond donors (Lipinski definition) is 2. The van der Waals surface area contributed by atoms with E-state index in [9.17, 15) is 4.39 Å². The van der Waals surface area contributed by atoms with Gasteiger partial charge in [0.15, 0.2) is 5.82 Å². The Kier molecular flexibility index (Phi) is 4.14. The molecular weight excluding hydrogens is 293 g/mol. The summed E-state index contributed by atoms with van der Waals surface area (Å²) in [6.45, 7) is 4.02. The Hall–Kier alpha value is -3.02. The number of anilines is 4. The molecule has 1 heterocycles. The predicted molar refractivity (Wildman–Crippen MR) is 88.7 cm³/mol. The zero-order valence-corrected chi connectivity index (χ0v) is 12.8. The van der Waals surface area contributed by atoms with Crippen LogP contribution in [0.2, 0.25) is 0 Å². The summed E-state index contributed by atoms with van der Waals surface area (Å²) in [5.41, 5.74) is 3.75. The fourth-order valence-electron chi connectivity index (χ4n) is 2.12. The van der Waals surface area contributed by atoms with Gasteiger partial charge in [-0.3, -0.25) is 0 Å². The standard InChI is InChI=1S/C17H16FN5/c1-11-6-7-12(2)15(8-11)21-17-22-16(10-19-23-17)20-14-5-3-4-13(18)9-14/h3-10H,1-2H3,(H2,20,21,22,23). The van der Waals surface area contributed by atoms with Crippen LogP contribution in [0.1, 0.15) is 11.1 Å². The molecule has 5 nitrogen and oxygen atoms in total.